The van der Waals surface area contributed by atoms with Crippen LogP contribution in [0.4, 0.5) is 0 Å². The van der Waals surface area contributed by atoms with Gasteiger partial charge in [0.2, 0.25) is 0 Å². The van der Waals surface area contributed by atoms with Crippen molar-refractivity contribution in [2.45, 2.75) is 19.9 Å². The first-order chi connectivity index (χ1) is 11.8. The quantitative estimate of drug-likeness (QED) is 0.556. The molecule has 0 atom stereocenters. The van der Waals surface area contributed by atoms with Gasteiger partial charge < -0.3 is 15.0 Å². The molecule has 24 heavy (non-hydrogen) atoms. The fraction of sp³-hybridized carbons (Fsp3) is 0.278. The monoisotopic (exact) mass is 322 g/mol. The number of guanidine groups is 1. The molecule has 6 heteroatoms. The lowest BCUT2D eigenvalue weighted by Crippen LogP contribution is -2.38. The maximum Gasteiger partial charge on any atom is 0.191 e. The Hall–Kier alpha value is -2.89. The van der Waals surface area contributed by atoms with Crippen LogP contribution in [0, 0.1) is 6.92 Å². The van der Waals surface area contributed by atoms with Crippen LogP contribution in [0.1, 0.15) is 17.0 Å². The van der Waals surface area contributed by atoms with Gasteiger partial charge in [0, 0.05) is 38.6 Å². The van der Waals surface area contributed by atoms with E-state index in [-0.39, 0.29) is 0 Å². The summed E-state index contributed by atoms with van der Waals surface area (Å²) in [6.45, 7) is 3.49. The third kappa shape index (κ3) is 3.90. The molecule has 0 radical (unpaired) electrons. The highest BCUT2D eigenvalue weighted by Crippen LogP contribution is 2.09. The van der Waals surface area contributed by atoms with E-state index in [4.69, 9.17) is 0 Å². The molecular weight excluding hydrogens is 300 g/mol. The predicted octanol–water partition coefficient (Wildman–Crippen LogP) is 1.95. The number of nitrogens with one attached hydrogen (secondary N) is 2. The summed E-state index contributed by atoms with van der Waals surface area (Å²) in [5, 5.41) is 6.57. The Bertz CT molecular complexity index is 822. The van der Waals surface area contributed by atoms with E-state index in [1.807, 2.05) is 30.5 Å². The summed E-state index contributed by atoms with van der Waals surface area (Å²) in [6, 6.07) is 9.99. The van der Waals surface area contributed by atoms with E-state index in [1.54, 1.807) is 13.2 Å². The van der Waals surface area contributed by atoms with Gasteiger partial charge in [0.05, 0.1) is 17.9 Å². The first-order valence-corrected chi connectivity index (χ1v) is 8.04. The molecule has 0 fully saturated rings. The van der Waals surface area contributed by atoms with Gasteiger partial charge in [-0.1, -0.05) is 12.1 Å². The van der Waals surface area contributed by atoms with Crippen LogP contribution in [0.5, 0.6) is 0 Å². The van der Waals surface area contributed by atoms with E-state index < -0.39 is 0 Å². The van der Waals surface area contributed by atoms with E-state index >= 15 is 0 Å². The molecule has 2 N–H and O–H groups in total. The summed E-state index contributed by atoms with van der Waals surface area (Å²) in [4.78, 5) is 13.2. The number of pyridine rings is 2. The second kappa shape index (κ2) is 7.59. The predicted molar refractivity (Wildman–Crippen MR) is 96.1 cm³/mol. The van der Waals surface area contributed by atoms with Crippen LogP contribution in [-0.2, 0) is 13.0 Å². The molecule has 0 aliphatic rings. The molecule has 0 saturated carbocycles. The van der Waals surface area contributed by atoms with E-state index in [2.05, 4.69) is 49.2 Å². The van der Waals surface area contributed by atoms with Crippen LogP contribution >= 0.6 is 0 Å². The number of fused-ring (bicyclic) bond motifs is 1. The van der Waals surface area contributed by atoms with E-state index in [0.717, 1.165) is 36.0 Å². The first-order valence-electron chi connectivity index (χ1n) is 8.04. The third-order valence-electron chi connectivity index (χ3n) is 3.79. The van der Waals surface area contributed by atoms with Gasteiger partial charge in [-0.05, 0) is 30.7 Å². The van der Waals surface area contributed by atoms with Crippen LogP contribution in [0.25, 0.3) is 5.65 Å². The second-order valence-electron chi connectivity index (χ2n) is 5.58. The molecule has 0 aliphatic carbocycles. The number of aliphatic imine (C=N–C) groups is 1. The summed E-state index contributed by atoms with van der Waals surface area (Å²) in [5.74, 6) is 0.764. The fourth-order valence-electron chi connectivity index (χ4n) is 2.53. The van der Waals surface area contributed by atoms with Crippen LogP contribution in [0.15, 0.2) is 53.9 Å². The van der Waals surface area contributed by atoms with Crippen molar-refractivity contribution in [3.05, 3.63) is 65.9 Å². The van der Waals surface area contributed by atoms with Crippen molar-refractivity contribution in [1.82, 2.24) is 25.0 Å². The normalized spacial score (nSPS) is 11.7. The standard InChI is InChI=1S/C18H22N6/c1-14-6-5-11-24-13-16(23-17(14)24)8-10-21-18(19-2)22-12-15-7-3-4-9-20-15/h3-7,9,11,13H,8,10,12H2,1-2H3,(H2,19,21,22). The largest absolute Gasteiger partial charge is 0.356 e. The van der Waals surface area contributed by atoms with Gasteiger partial charge in [-0.15, -0.1) is 0 Å². The van der Waals surface area contributed by atoms with Crippen molar-refractivity contribution >= 4 is 11.6 Å². The molecule has 3 aromatic rings. The van der Waals surface area contributed by atoms with E-state index in [9.17, 15) is 0 Å². The molecular formula is C18H22N6. The van der Waals surface area contributed by atoms with E-state index in [0.29, 0.717) is 6.54 Å². The average Bonchev–Trinajstić information content (AvgIpc) is 3.03. The molecule has 6 nitrogen and oxygen atoms in total. The lowest BCUT2D eigenvalue weighted by atomic mass is 10.3. The molecule has 0 aromatic carbocycles. The molecule has 0 bridgehead atoms. The summed E-state index contributed by atoms with van der Waals surface area (Å²) >= 11 is 0. The Morgan fingerprint density at radius 2 is 2.08 bits per heavy atom. The Balaban J connectivity index is 1.51. The maximum absolute atomic E-state index is 4.68. The summed E-state index contributed by atoms with van der Waals surface area (Å²) in [7, 11) is 1.77. The molecule has 124 valence electrons. The van der Waals surface area contributed by atoms with Crippen molar-refractivity contribution in [2.24, 2.45) is 4.99 Å². The topological polar surface area (TPSA) is 66.6 Å². The van der Waals surface area contributed by atoms with Gasteiger partial charge in [-0.2, -0.15) is 0 Å². The minimum absolute atomic E-state index is 0.647. The molecule has 3 rings (SSSR count). The highest BCUT2D eigenvalue weighted by molar-refractivity contribution is 5.79. The van der Waals surface area contributed by atoms with Crippen molar-refractivity contribution < 1.29 is 0 Å². The Kier molecular flexibility index (Phi) is 5.05. The van der Waals surface area contributed by atoms with Gasteiger partial charge in [0.15, 0.2) is 5.96 Å². The van der Waals surface area contributed by atoms with Crippen molar-refractivity contribution in [3.8, 4) is 0 Å². The van der Waals surface area contributed by atoms with E-state index in [1.165, 1.54) is 5.56 Å². The summed E-state index contributed by atoms with van der Waals surface area (Å²) in [6.07, 6.45) is 6.73. The lowest BCUT2D eigenvalue weighted by molar-refractivity contribution is 0.777. The molecule has 0 spiro atoms. The molecule has 0 unspecified atom stereocenters. The molecule has 3 heterocycles. The number of aromatic nitrogens is 3. The van der Waals surface area contributed by atoms with Gasteiger partial charge in [0.1, 0.15) is 5.65 Å². The Morgan fingerprint density at radius 3 is 2.83 bits per heavy atom. The summed E-state index contributed by atoms with van der Waals surface area (Å²) in [5.41, 5.74) is 4.25. The minimum Gasteiger partial charge on any atom is -0.356 e. The van der Waals surface area contributed by atoms with Crippen molar-refractivity contribution in [2.75, 3.05) is 13.6 Å². The molecule has 0 amide bonds. The number of aryl methyl sites for hydroxylation is 1. The number of nitrogens with zero attached hydrogens (tertiary/aromatic N) is 4. The number of hydrogen-bond donors (Lipinski definition) is 2. The van der Waals surface area contributed by atoms with Crippen LogP contribution in [-0.4, -0.2) is 33.9 Å². The fourth-order valence-corrected chi connectivity index (χ4v) is 2.53. The van der Waals surface area contributed by atoms with Gasteiger partial charge in [-0.25, -0.2) is 4.98 Å². The molecule has 0 saturated heterocycles. The Labute approximate surface area is 141 Å². The highest BCUT2D eigenvalue weighted by atomic mass is 15.2. The van der Waals surface area contributed by atoms with Crippen LogP contribution in [0.2, 0.25) is 0 Å². The molecule has 3 aromatic heterocycles. The zero-order chi connectivity index (χ0) is 16.8. The Morgan fingerprint density at radius 1 is 1.17 bits per heavy atom. The minimum atomic E-state index is 0.647. The number of rotatable bonds is 5. The second-order valence-corrected chi connectivity index (χ2v) is 5.58. The number of hydrogen-bond acceptors (Lipinski definition) is 3. The lowest BCUT2D eigenvalue weighted by Gasteiger charge is -2.10. The highest BCUT2D eigenvalue weighted by Gasteiger charge is 2.04. The van der Waals surface area contributed by atoms with Gasteiger partial charge in [-0.3, -0.25) is 9.98 Å². The van der Waals surface area contributed by atoms with Crippen LogP contribution < -0.4 is 10.6 Å². The number of imidazole rings is 1. The zero-order valence-electron chi connectivity index (χ0n) is 14.0. The average molecular weight is 322 g/mol. The van der Waals surface area contributed by atoms with Crippen molar-refractivity contribution in [1.29, 1.82) is 0 Å². The summed E-state index contributed by atoms with van der Waals surface area (Å²) < 4.78 is 2.07. The molecule has 0 aliphatic heterocycles. The zero-order valence-corrected chi connectivity index (χ0v) is 14.0. The maximum atomic E-state index is 4.68. The third-order valence-corrected chi connectivity index (χ3v) is 3.79. The smallest absolute Gasteiger partial charge is 0.191 e. The van der Waals surface area contributed by atoms with Crippen molar-refractivity contribution in [3.63, 3.8) is 0 Å². The van der Waals surface area contributed by atoms with Gasteiger partial charge in [0.25, 0.3) is 0 Å². The van der Waals surface area contributed by atoms with Crippen LogP contribution in [0.3, 0.4) is 0 Å². The van der Waals surface area contributed by atoms with Gasteiger partial charge >= 0.3 is 0 Å². The SMILES string of the molecule is CN=C(NCCc1cn2cccc(C)c2n1)NCc1ccccn1. The first kappa shape index (κ1) is 16.0.